The Hall–Kier alpha value is -2.04. The van der Waals surface area contributed by atoms with E-state index in [0.29, 0.717) is 11.3 Å². The van der Waals surface area contributed by atoms with Crippen molar-refractivity contribution >= 4 is 11.8 Å². The molecule has 0 amide bonds. The van der Waals surface area contributed by atoms with Gasteiger partial charge in [0.05, 0.1) is 19.8 Å². The van der Waals surface area contributed by atoms with Gasteiger partial charge in [-0.3, -0.25) is 9.59 Å². The summed E-state index contributed by atoms with van der Waals surface area (Å²) in [6.45, 7) is 2.67. The van der Waals surface area contributed by atoms with Crippen LogP contribution in [0.2, 0.25) is 0 Å². The van der Waals surface area contributed by atoms with Crippen LogP contribution in [0.5, 0.6) is 17.2 Å². The molecule has 0 atom stereocenters. The molecule has 0 aliphatic heterocycles. The van der Waals surface area contributed by atoms with E-state index in [9.17, 15) is 9.59 Å². The van der Waals surface area contributed by atoms with Crippen molar-refractivity contribution in [3.05, 3.63) is 17.7 Å². The van der Waals surface area contributed by atoms with Crippen molar-refractivity contribution in [2.75, 3.05) is 14.2 Å². The third-order valence-electron chi connectivity index (χ3n) is 2.10. The van der Waals surface area contributed by atoms with Gasteiger partial charge in [0, 0.05) is 13.0 Å². The monoisotopic (exact) mass is 238 g/mol. The maximum atomic E-state index is 11.5. The Bertz CT molecular complexity index is 450. The van der Waals surface area contributed by atoms with Crippen LogP contribution < -0.4 is 14.2 Å². The Morgan fingerprint density at radius 2 is 1.71 bits per heavy atom. The van der Waals surface area contributed by atoms with Gasteiger partial charge in [-0.05, 0) is 13.0 Å². The van der Waals surface area contributed by atoms with E-state index in [1.165, 1.54) is 40.2 Å². The number of Topliss-reactive ketones (excluding diaryl/α,β-unsaturated/α-hetero) is 1. The van der Waals surface area contributed by atoms with E-state index in [-0.39, 0.29) is 17.3 Å². The van der Waals surface area contributed by atoms with E-state index in [2.05, 4.69) is 0 Å². The van der Waals surface area contributed by atoms with E-state index in [4.69, 9.17) is 14.2 Å². The second kappa shape index (κ2) is 5.34. The normalized spacial score (nSPS) is 9.65. The minimum Gasteiger partial charge on any atom is -0.497 e. The molecule has 0 N–H and O–H groups in total. The topological polar surface area (TPSA) is 61.8 Å². The summed E-state index contributed by atoms with van der Waals surface area (Å²) in [6.07, 6.45) is 0. The van der Waals surface area contributed by atoms with Gasteiger partial charge in [0.1, 0.15) is 5.75 Å². The van der Waals surface area contributed by atoms with Crippen LogP contribution in [0.1, 0.15) is 24.2 Å². The lowest BCUT2D eigenvalue weighted by Gasteiger charge is -2.13. The zero-order valence-corrected chi connectivity index (χ0v) is 10.2. The summed E-state index contributed by atoms with van der Waals surface area (Å²) in [4.78, 5) is 22.4. The summed E-state index contributed by atoms with van der Waals surface area (Å²) >= 11 is 0. The predicted molar refractivity (Wildman–Crippen MR) is 60.9 cm³/mol. The molecule has 0 aliphatic rings. The first-order valence-electron chi connectivity index (χ1n) is 4.95. The van der Waals surface area contributed by atoms with E-state index in [1.54, 1.807) is 0 Å². The van der Waals surface area contributed by atoms with E-state index >= 15 is 0 Å². The summed E-state index contributed by atoms with van der Waals surface area (Å²) in [5, 5.41) is 0. The van der Waals surface area contributed by atoms with Crippen molar-refractivity contribution in [2.24, 2.45) is 0 Å². The fourth-order valence-electron chi connectivity index (χ4n) is 1.40. The first-order valence-corrected chi connectivity index (χ1v) is 4.95. The highest BCUT2D eigenvalue weighted by molar-refractivity contribution is 5.98. The number of carbonyl (C=O) groups is 2. The fourth-order valence-corrected chi connectivity index (χ4v) is 1.40. The van der Waals surface area contributed by atoms with Gasteiger partial charge in [-0.1, -0.05) is 0 Å². The number of rotatable bonds is 4. The third-order valence-corrected chi connectivity index (χ3v) is 2.10. The Labute approximate surface area is 99.3 Å². The Balaban J connectivity index is 3.38. The SMILES string of the molecule is COc1cc(OC(C)=O)c(OC)c(C(C)=O)c1. The first-order chi connectivity index (χ1) is 7.99. The Kier molecular flexibility index (Phi) is 4.09. The molecule has 0 radical (unpaired) electrons. The molecule has 0 saturated heterocycles. The zero-order valence-electron chi connectivity index (χ0n) is 10.2. The van der Waals surface area contributed by atoms with Crippen molar-refractivity contribution in [1.29, 1.82) is 0 Å². The number of hydrogen-bond donors (Lipinski definition) is 0. The standard InChI is InChI=1S/C12H14O5/c1-7(13)10-5-9(15-3)6-11(12(10)16-4)17-8(2)14/h5-6H,1-4H3. The molecule has 0 saturated carbocycles. The van der Waals surface area contributed by atoms with Crippen molar-refractivity contribution < 1.29 is 23.8 Å². The molecular weight excluding hydrogens is 224 g/mol. The average molecular weight is 238 g/mol. The molecule has 0 heterocycles. The van der Waals surface area contributed by atoms with Crippen molar-refractivity contribution in [3.8, 4) is 17.2 Å². The quantitative estimate of drug-likeness (QED) is 0.455. The van der Waals surface area contributed by atoms with Crippen molar-refractivity contribution in [2.45, 2.75) is 13.8 Å². The average Bonchev–Trinajstić information content (AvgIpc) is 2.26. The lowest BCUT2D eigenvalue weighted by Crippen LogP contribution is -2.06. The van der Waals surface area contributed by atoms with E-state index < -0.39 is 5.97 Å². The fraction of sp³-hybridized carbons (Fsp3) is 0.333. The number of carbonyl (C=O) groups excluding carboxylic acids is 2. The molecule has 0 aromatic heterocycles. The van der Waals surface area contributed by atoms with Crippen LogP contribution in [-0.2, 0) is 4.79 Å². The predicted octanol–water partition coefficient (Wildman–Crippen LogP) is 1.83. The van der Waals surface area contributed by atoms with Gasteiger partial charge in [-0.25, -0.2) is 0 Å². The minimum atomic E-state index is -0.494. The summed E-state index contributed by atoms with van der Waals surface area (Å²) in [6, 6.07) is 3.03. The molecule has 0 aliphatic carbocycles. The molecule has 0 bridgehead atoms. The summed E-state index contributed by atoms with van der Waals surface area (Å²) < 4.78 is 15.1. The lowest BCUT2D eigenvalue weighted by atomic mass is 10.1. The lowest BCUT2D eigenvalue weighted by molar-refractivity contribution is -0.132. The first kappa shape index (κ1) is 13.0. The smallest absolute Gasteiger partial charge is 0.308 e. The molecule has 5 nitrogen and oxygen atoms in total. The second-order valence-electron chi connectivity index (χ2n) is 3.36. The molecule has 1 rings (SSSR count). The highest BCUT2D eigenvalue weighted by Crippen LogP contribution is 2.36. The minimum absolute atomic E-state index is 0.171. The van der Waals surface area contributed by atoms with Gasteiger partial charge >= 0.3 is 5.97 Å². The third kappa shape index (κ3) is 2.96. The van der Waals surface area contributed by atoms with Crippen LogP contribution in [0.3, 0.4) is 0 Å². The number of methoxy groups -OCH3 is 2. The summed E-state index contributed by atoms with van der Waals surface area (Å²) in [5.74, 6) is 0.130. The summed E-state index contributed by atoms with van der Waals surface area (Å²) in [7, 11) is 2.87. The molecule has 5 heteroatoms. The van der Waals surface area contributed by atoms with Crippen LogP contribution in [0.25, 0.3) is 0 Å². The number of hydrogen-bond acceptors (Lipinski definition) is 5. The zero-order chi connectivity index (χ0) is 13.0. The van der Waals surface area contributed by atoms with Crippen molar-refractivity contribution in [3.63, 3.8) is 0 Å². The van der Waals surface area contributed by atoms with Gasteiger partial charge in [0.15, 0.2) is 17.3 Å². The van der Waals surface area contributed by atoms with Gasteiger partial charge in [0.2, 0.25) is 0 Å². The largest absolute Gasteiger partial charge is 0.497 e. The van der Waals surface area contributed by atoms with Crippen LogP contribution in [0.15, 0.2) is 12.1 Å². The molecule has 17 heavy (non-hydrogen) atoms. The second-order valence-corrected chi connectivity index (χ2v) is 3.36. The van der Waals surface area contributed by atoms with E-state index in [0.717, 1.165) is 0 Å². The van der Waals surface area contributed by atoms with Crippen LogP contribution in [-0.4, -0.2) is 26.0 Å². The highest BCUT2D eigenvalue weighted by Gasteiger charge is 2.17. The number of esters is 1. The maximum absolute atomic E-state index is 11.5. The Morgan fingerprint density at radius 3 is 2.12 bits per heavy atom. The van der Waals surface area contributed by atoms with Crippen LogP contribution in [0.4, 0.5) is 0 Å². The number of benzene rings is 1. The number of ether oxygens (including phenoxy) is 3. The Morgan fingerprint density at radius 1 is 1.06 bits per heavy atom. The molecule has 0 fully saturated rings. The van der Waals surface area contributed by atoms with Crippen LogP contribution >= 0.6 is 0 Å². The van der Waals surface area contributed by atoms with Gasteiger partial charge < -0.3 is 14.2 Å². The molecule has 0 unspecified atom stereocenters. The molecular formula is C12H14O5. The maximum Gasteiger partial charge on any atom is 0.308 e. The van der Waals surface area contributed by atoms with Gasteiger partial charge in [-0.15, -0.1) is 0 Å². The number of ketones is 1. The van der Waals surface area contributed by atoms with Crippen molar-refractivity contribution in [1.82, 2.24) is 0 Å². The van der Waals surface area contributed by atoms with E-state index in [1.807, 2.05) is 0 Å². The van der Waals surface area contributed by atoms with Gasteiger partial charge in [-0.2, -0.15) is 0 Å². The molecule has 0 spiro atoms. The highest BCUT2D eigenvalue weighted by atomic mass is 16.6. The van der Waals surface area contributed by atoms with Crippen LogP contribution in [0, 0.1) is 0 Å². The molecule has 1 aromatic rings. The van der Waals surface area contributed by atoms with Gasteiger partial charge in [0.25, 0.3) is 0 Å². The molecule has 1 aromatic carbocycles. The summed E-state index contributed by atoms with van der Waals surface area (Å²) in [5.41, 5.74) is 0.308. The molecule has 92 valence electrons.